The Bertz CT molecular complexity index is 907. The molecule has 0 bridgehead atoms. The van der Waals surface area contributed by atoms with E-state index in [1.54, 1.807) is 12.1 Å². The van der Waals surface area contributed by atoms with E-state index in [4.69, 9.17) is 27.5 Å². The monoisotopic (exact) mass is 371 g/mol. The highest BCUT2D eigenvalue weighted by atomic mass is 35.5. The number of imide groups is 1. The molecule has 0 aromatic heterocycles. The summed E-state index contributed by atoms with van der Waals surface area (Å²) in [6.45, 7) is 0. The van der Waals surface area contributed by atoms with Crippen molar-refractivity contribution in [2.24, 2.45) is 0 Å². The van der Waals surface area contributed by atoms with Gasteiger partial charge in [-0.05, 0) is 30.3 Å². The first-order valence-corrected chi connectivity index (χ1v) is 8.35. The quantitative estimate of drug-likeness (QED) is 0.774. The minimum absolute atomic E-state index is 0.00120. The highest BCUT2D eigenvalue weighted by Gasteiger charge is 2.40. The molecule has 1 aliphatic rings. The smallest absolute Gasteiger partial charge is 0.266 e. The summed E-state index contributed by atoms with van der Waals surface area (Å²) in [4.78, 5) is 23.9. The Labute approximate surface area is 141 Å². The van der Waals surface area contributed by atoms with E-state index in [2.05, 4.69) is 0 Å². The Morgan fingerprint density at radius 3 is 1.96 bits per heavy atom. The van der Waals surface area contributed by atoms with E-state index < -0.39 is 21.9 Å². The number of halogens is 2. The van der Waals surface area contributed by atoms with Crippen LogP contribution in [0.3, 0.4) is 0 Å². The topological polar surface area (TPSA) is 80.8 Å². The number of amides is 2. The summed E-state index contributed by atoms with van der Waals surface area (Å²) in [5.41, 5.74) is 0.142. The Balaban J connectivity index is 1.94. The van der Waals surface area contributed by atoms with Crippen molar-refractivity contribution >= 4 is 45.1 Å². The summed E-state index contributed by atoms with van der Waals surface area (Å²) >= 11 is 11.5. The Hall–Kier alpha value is -1.93. The molecular weight excluding hydrogens is 365 g/mol. The van der Waals surface area contributed by atoms with Gasteiger partial charge in [-0.1, -0.05) is 35.3 Å². The average Bonchev–Trinajstić information content (AvgIpc) is 2.75. The lowest BCUT2D eigenvalue weighted by atomic mass is 10.1. The van der Waals surface area contributed by atoms with Gasteiger partial charge in [0.25, 0.3) is 11.8 Å². The van der Waals surface area contributed by atoms with Crippen LogP contribution in [0.15, 0.2) is 47.4 Å². The third kappa shape index (κ3) is 2.72. The molecular formula is C14H7Cl2NO5S. The minimum atomic E-state index is -4.43. The lowest BCUT2D eigenvalue weighted by Gasteiger charge is -2.13. The van der Waals surface area contributed by atoms with Crippen LogP contribution in [-0.2, 0) is 14.4 Å². The molecule has 0 fully saturated rings. The van der Waals surface area contributed by atoms with Crippen LogP contribution in [-0.4, -0.2) is 25.3 Å². The maximum absolute atomic E-state index is 12.2. The van der Waals surface area contributed by atoms with Crippen molar-refractivity contribution < 1.29 is 22.3 Å². The van der Waals surface area contributed by atoms with Gasteiger partial charge < -0.3 is 0 Å². The lowest BCUT2D eigenvalue weighted by Crippen LogP contribution is -2.32. The zero-order chi connectivity index (χ0) is 16.8. The average molecular weight is 372 g/mol. The van der Waals surface area contributed by atoms with Gasteiger partial charge in [-0.25, -0.2) is 0 Å². The van der Waals surface area contributed by atoms with Crippen molar-refractivity contribution in [1.82, 2.24) is 5.06 Å². The summed E-state index contributed by atoms with van der Waals surface area (Å²) in [5, 5.41) is 0.368. The number of benzene rings is 2. The third-order valence-electron chi connectivity index (χ3n) is 3.11. The van der Waals surface area contributed by atoms with Gasteiger partial charge in [0.05, 0.1) is 26.1 Å². The summed E-state index contributed by atoms with van der Waals surface area (Å²) in [6, 6.07) is 9.42. The molecule has 3 rings (SSSR count). The summed E-state index contributed by atoms with van der Waals surface area (Å²) in [5.74, 6) is -1.71. The van der Waals surface area contributed by atoms with E-state index in [1.807, 2.05) is 0 Å². The number of fused-ring (bicyclic) bond motifs is 1. The van der Waals surface area contributed by atoms with Crippen LogP contribution in [0.4, 0.5) is 0 Å². The largest absolute Gasteiger partial charge is 0.318 e. The first-order valence-electron chi connectivity index (χ1n) is 6.19. The predicted molar refractivity (Wildman–Crippen MR) is 81.7 cm³/mol. The molecule has 118 valence electrons. The molecule has 23 heavy (non-hydrogen) atoms. The zero-order valence-corrected chi connectivity index (χ0v) is 13.5. The van der Waals surface area contributed by atoms with E-state index in [9.17, 15) is 18.0 Å². The molecule has 2 aromatic rings. The number of carbonyl (C=O) groups excluding carboxylic acids is 2. The normalized spacial score (nSPS) is 14.3. The number of carbonyl (C=O) groups is 2. The molecule has 1 heterocycles. The second-order valence-corrected chi connectivity index (χ2v) is 6.90. The van der Waals surface area contributed by atoms with Gasteiger partial charge in [-0.15, -0.1) is 9.35 Å². The van der Waals surface area contributed by atoms with Crippen molar-refractivity contribution in [2.75, 3.05) is 0 Å². The van der Waals surface area contributed by atoms with E-state index in [0.29, 0.717) is 0 Å². The summed E-state index contributed by atoms with van der Waals surface area (Å²) < 4.78 is 29.1. The zero-order valence-electron chi connectivity index (χ0n) is 11.2. The molecule has 0 unspecified atom stereocenters. The number of rotatable bonds is 3. The third-order valence-corrected chi connectivity index (χ3v) is 5.02. The van der Waals surface area contributed by atoms with Gasteiger partial charge in [0.1, 0.15) is 0 Å². The van der Waals surface area contributed by atoms with Gasteiger partial charge in [0.2, 0.25) is 0 Å². The fourth-order valence-electron chi connectivity index (χ4n) is 2.01. The molecule has 6 nitrogen and oxygen atoms in total. The van der Waals surface area contributed by atoms with Crippen LogP contribution >= 0.6 is 23.2 Å². The van der Waals surface area contributed by atoms with Crippen molar-refractivity contribution in [3.63, 3.8) is 0 Å². The van der Waals surface area contributed by atoms with Gasteiger partial charge in [0.15, 0.2) is 0 Å². The summed E-state index contributed by atoms with van der Waals surface area (Å²) in [7, 11) is -4.43. The van der Waals surface area contributed by atoms with Crippen LogP contribution in [0, 0.1) is 0 Å². The Morgan fingerprint density at radius 2 is 1.43 bits per heavy atom. The van der Waals surface area contributed by atoms with Crippen LogP contribution in [0.5, 0.6) is 0 Å². The van der Waals surface area contributed by atoms with Crippen molar-refractivity contribution in [3.8, 4) is 0 Å². The van der Waals surface area contributed by atoms with Gasteiger partial charge >= 0.3 is 10.1 Å². The molecule has 2 amide bonds. The van der Waals surface area contributed by atoms with Crippen LogP contribution in [0.2, 0.25) is 10.0 Å². The second kappa shape index (κ2) is 5.61. The van der Waals surface area contributed by atoms with E-state index in [1.165, 1.54) is 18.2 Å². The summed E-state index contributed by atoms with van der Waals surface area (Å²) in [6.07, 6.45) is 0. The maximum Gasteiger partial charge on any atom is 0.318 e. The molecule has 0 N–H and O–H groups in total. The molecule has 0 atom stereocenters. The highest BCUT2D eigenvalue weighted by molar-refractivity contribution is 7.86. The van der Waals surface area contributed by atoms with Crippen molar-refractivity contribution in [3.05, 3.63) is 63.6 Å². The minimum Gasteiger partial charge on any atom is -0.266 e. The number of hydrogen-bond donors (Lipinski definition) is 0. The Morgan fingerprint density at radius 1 is 0.870 bits per heavy atom. The fourth-order valence-corrected chi connectivity index (χ4v) is 3.29. The predicted octanol–water partition coefficient (Wildman–Crippen LogP) is 2.91. The van der Waals surface area contributed by atoms with Crippen LogP contribution in [0.1, 0.15) is 20.7 Å². The molecule has 1 aliphatic heterocycles. The highest BCUT2D eigenvalue weighted by Crippen LogP contribution is 2.28. The molecule has 0 radical (unpaired) electrons. The van der Waals surface area contributed by atoms with Crippen molar-refractivity contribution in [1.29, 1.82) is 0 Å². The molecule has 9 heteroatoms. The molecule has 2 aromatic carbocycles. The standard InChI is InChI=1S/C14H7Cl2NO5S/c15-11-6-5-8(7-12(11)16)23(20,21)22-17-13(18)9-3-1-2-4-10(9)14(17)19/h1-7H. The first kappa shape index (κ1) is 15.9. The van der Waals surface area contributed by atoms with Crippen molar-refractivity contribution in [2.45, 2.75) is 4.90 Å². The van der Waals surface area contributed by atoms with Gasteiger partial charge in [-0.2, -0.15) is 8.42 Å². The van der Waals surface area contributed by atoms with E-state index >= 15 is 0 Å². The molecule has 0 spiro atoms. The Kier molecular flexibility index (Phi) is 3.89. The van der Waals surface area contributed by atoms with E-state index in [-0.39, 0.29) is 31.1 Å². The number of nitrogens with zero attached hydrogens (tertiary/aromatic N) is 1. The van der Waals surface area contributed by atoms with Crippen LogP contribution in [0.25, 0.3) is 0 Å². The second-order valence-electron chi connectivity index (χ2n) is 4.55. The maximum atomic E-state index is 12.2. The molecule has 0 saturated carbocycles. The fraction of sp³-hybridized carbons (Fsp3) is 0. The SMILES string of the molecule is O=C1c2ccccc2C(=O)N1OS(=O)(=O)c1ccc(Cl)c(Cl)c1. The van der Waals surface area contributed by atoms with Gasteiger partial charge in [0, 0.05) is 0 Å². The number of hydroxylamine groups is 2. The van der Waals surface area contributed by atoms with Gasteiger partial charge in [-0.3, -0.25) is 9.59 Å². The van der Waals surface area contributed by atoms with E-state index in [0.717, 1.165) is 12.1 Å². The molecule has 0 aliphatic carbocycles. The first-order chi connectivity index (χ1) is 10.8. The van der Waals surface area contributed by atoms with Crippen LogP contribution < -0.4 is 0 Å². The lowest BCUT2D eigenvalue weighted by molar-refractivity contribution is -0.0103. The molecule has 0 saturated heterocycles. The number of hydrogen-bond acceptors (Lipinski definition) is 5.